The van der Waals surface area contributed by atoms with Gasteiger partial charge in [-0.3, -0.25) is 5.43 Å². The van der Waals surface area contributed by atoms with E-state index >= 15 is 0 Å². The van der Waals surface area contributed by atoms with Crippen molar-refractivity contribution in [2.24, 2.45) is 12.9 Å². The maximum atomic E-state index is 5.24. The highest BCUT2D eigenvalue weighted by atomic mass is 32.2. The van der Waals surface area contributed by atoms with E-state index in [1.54, 1.807) is 22.8 Å². The highest BCUT2D eigenvalue weighted by Crippen LogP contribution is 2.25. The number of nitrogens with one attached hydrogen (secondary N) is 1. The molecule has 80 valence electrons. The summed E-state index contributed by atoms with van der Waals surface area (Å²) in [6.07, 6.45) is 3.35. The Kier molecular flexibility index (Phi) is 3.19. The van der Waals surface area contributed by atoms with Gasteiger partial charge in [0.15, 0.2) is 10.3 Å². The van der Waals surface area contributed by atoms with Gasteiger partial charge >= 0.3 is 0 Å². The smallest absolute Gasteiger partial charge is 0.197 e. The van der Waals surface area contributed by atoms with Gasteiger partial charge in [-0.2, -0.15) is 5.10 Å². The zero-order valence-corrected chi connectivity index (χ0v) is 9.68. The van der Waals surface area contributed by atoms with E-state index < -0.39 is 0 Å². The summed E-state index contributed by atoms with van der Waals surface area (Å²) in [5, 5.41) is 5.61. The maximum Gasteiger partial charge on any atom is 0.197 e. The van der Waals surface area contributed by atoms with E-state index in [1.165, 1.54) is 11.3 Å². The quantitative estimate of drug-likeness (QED) is 0.470. The van der Waals surface area contributed by atoms with Gasteiger partial charge in [0.25, 0.3) is 0 Å². The van der Waals surface area contributed by atoms with Crippen LogP contribution in [0.3, 0.4) is 0 Å². The summed E-state index contributed by atoms with van der Waals surface area (Å²) in [4.78, 5) is 9.35. The third-order valence-corrected chi connectivity index (χ3v) is 3.88. The van der Waals surface area contributed by atoms with Crippen molar-refractivity contribution in [3.63, 3.8) is 0 Å². The van der Waals surface area contributed by atoms with Crippen molar-refractivity contribution in [2.45, 2.75) is 10.9 Å². The van der Waals surface area contributed by atoms with Crippen molar-refractivity contribution in [1.29, 1.82) is 0 Å². The fourth-order valence-corrected chi connectivity index (χ4v) is 2.63. The monoisotopic (exact) mass is 242 g/mol. The number of aryl methyl sites for hydroxylation is 1. The molecule has 0 saturated carbocycles. The molecule has 3 N–H and O–H groups in total. The van der Waals surface area contributed by atoms with Crippen LogP contribution >= 0.6 is 23.1 Å². The first-order chi connectivity index (χ1) is 7.29. The van der Waals surface area contributed by atoms with Gasteiger partial charge in [-0.1, -0.05) is 11.8 Å². The van der Waals surface area contributed by atoms with Crippen molar-refractivity contribution in [2.75, 3.05) is 5.43 Å². The van der Waals surface area contributed by atoms with E-state index in [1.807, 2.05) is 13.2 Å². The molecule has 0 aliphatic heterocycles. The fraction of sp³-hybridized carbons (Fsp3) is 0.286. The maximum absolute atomic E-state index is 5.24. The second kappa shape index (κ2) is 4.60. The third kappa shape index (κ3) is 2.46. The predicted molar refractivity (Wildman–Crippen MR) is 60.5 cm³/mol. The van der Waals surface area contributed by atoms with Crippen LogP contribution in [-0.4, -0.2) is 19.7 Å². The van der Waals surface area contributed by atoms with Crippen LogP contribution in [0.1, 0.15) is 4.88 Å². The predicted octanol–water partition coefficient (Wildman–Crippen LogP) is 0.849. The van der Waals surface area contributed by atoms with Crippen molar-refractivity contribution in [1.82, 2.24) is 19.7 Å². The van der Waals surface area contributed by atoms with Crippen molar-refractivity contribution in [3.05, 3.63) is 17.4 Å². The number of nitrogens with zero attached hydrogens (tertiary/aromatic N) is 4. The molecule has 0 bridgehead atoms. The zero-order valence-electron chi connectivity index (χ0n) is 8.04. The van der Waals surface area contributed by atoms with Crippen LogP contribution in [0.25, 0.3) is 0 Å². The fourth-order valence-electron chi connectivity index (χ4n) is 0.993. The van der Waals surface area contributed by atoms with Crippen molar-refractivity contribution in [3.8, 4) is 0 Å². The van der Waals surface area contributed by atoms with Gasteiger partial charge in [0.2, 0.25) is 0 Å². The van der Waals surface area contributed by atoms with E-state index in [2.05, 4.69) is 20.5 Å². The molecule has 0 aliphatic rings. The first-order valence-electron chi connectivity index (χ1n) is 4.17. The molecule has 2 rings (SSSR count). The first kappa shape index (κ1) is 10.4. The molecule has 0 spiro atoms. The minimum atomic E-state index is 0.726. The van der Waals surface area contributed by atoms with Crippen LogP contribution in [-0.2, 0) is 12.8 Å². The lowest BCUT2D eigenvalue weighted by molar-refractivity contribution is 0.685. The summed E-state index contributed by atoms with van der Waals surface area (Å²) in [6.45, 7) is 0. The van der Waals surface area contributed by atoms with Crippen LogP contribution in [0.5, 0.6) is 0 Å². The number of rotatable bonds is 4. The molecule has 0 radical (unpaired) electrons. The molecular formula is C7H10N6S2. The molecule has 0 amide bonds. The van der Waals surface area contributed by atoms with E-state index in [4.69, 9.17) is 5.84 Å². The average molecular weight is 242 g/mol. The molecule has 6 nitrogen and oxygen atoms in total. The number of hydrogen-bond donors (Lipinski definition) is 2. The molecule has 0 fully saturated rings. The average Bonchev–Trinajstić information content (AvgIpc) is 2.84. The Bertz CT molecular complexity index is 436. The summed E-state index contributed by atoms with van der Waals surface area (Å²) in [7, 11) is 1.87. The number of thiazole rings is 1. The number of hydrazine groups is 1. The van der Waals surface area contributed by atoms with Crippen LogP contribution in [0.4, 0.5) is 5.13 Å². The molecule has 0 aliphatic carbocycles. The lowest BCUT2D eigenvalue weighted by Crippen LogP contribution is -2.05. The Morgan fingerprint density at radius 1 is 1.60 bits per heavy atom. The molecule has 2 aromatic heterocycles. The normalized spacial score (nSPS) is 10.5. The molecule has 0 aromatic carbocycles. The van der Waals surface area contributed by atoms with Crippen LogP contribution in [0.15, 0.2) is 17.7 Å². The van der Waals surface area contributed by atoms with Gasteiger partial charge in [-0.15, -0.1) is 11.3 Å². The van der Waals surface area contributed by atoms with Crippen LogP contribution < -0.4 is 11.3 Å². The van der Waals surface area contributed by atoms with Gasteiger partial charge < -0.3 is 0 Å². The van der Waals surface area contributed by atoms with E-state index in [9.17, 15) is 0 Å². The lowest BCUT2D eigenvalue weighted by atomic mass is 10.6. The number of aromatic nitrogens is 4. The summed E-state index contributed by atoms with van der Waals surface area (Å²) in [6, 6.07) is 0. The lowest BCUT2D eigenvalue weighted by Gasteiger charge is -1.96. The summed E-state index contributed by atoms with van der Waals surface area (Å²) in [5.74, 6) is 6.07. The molecular weight excluding hydrogens is 232 g/mol. The molecule has 2 heterocycles. The van der Waals surface area contributed by atoms with E-state index in [-0.39, 0.29) is 0 Å². The third-order valence-electron chi connectivity index (χ3n) is 1.69. The largest absolute Gasteiger partial charge is 0.300 e. The highest BCUT2D eigenvalue weighted by Gasteiger charge is 2.04. The SMILES string of the molecule is Cn1ncnc1SCc1cnc(NN)s1. The summed E-state index contributed by atoms with van der Waals surface area (Å²) < 4.78 is 1.74. The van der Waals surface area contributed by atoms with Crippen LogP contribution in [0, 0.1) is 0 Å². The Balaban J connectivity index is 1.96. The second-order valence-corrected chi connectivity index (χ2v) is 4.79. The standard InChI is InChI=1S/C7H10N6S2/c1-13-7(10-4-11-13)14-3-5-2-9-6(12-8)15-5/h2,4H,3,8H2,1H3,(H,9,12). The molecule has 8 heteroatoms. The van der Waals surface area contributed by atoms with Gasteiger partial charge in [0, 0.05) is 23.9 Å². The Hall–Kier alpha value is -1.12. The molecule has 15 heavy (non-hydrogen) atoms. The highest BCUT2D eigenvalue weighted by molar-refractivity contribution is 7.98. The molecule has 2 aromatic rings. The Labute approximate surface area is 94.9 Å². The number of nitrogens with two attached hydrogens (primary N) is 1. The number of nitrogen functional groups attached to an aromatic ring is 1. The molecule has 0 atom stereocenters. The van der Waals surface area contributed by atoms with E-state index in [0.29, 0.717) is 0 Å². The summed E-state index contributed by atoms with van der Waals surface area (Å²) >= 11 is 3.16. The van der Waals surface area contributed by atoms with Crippen molar-refractivity contribution >= 4 is 28.2 Å². The number of hydrogen-bond acceptors (Lipinski definition) is 7. The van der Waals surface area contributed by atoms with Crippen molar-refractivity contribution < 1.29 is 0 Å². The Morgan fingerprint density at radius 3 is 3.07 bits per heavy atom. The topological polar surface area (TPSA) is 81.7 Å². The van der Waals surface area contributed by atoms with Gasteiger partial charge in [-0.05, 0) is 0 Å². The summed E-state index contributed by atoms with van der Waals surface area (Å²) in [5.41, 5.74) is 2.52. The minimum absolute atomic E-state index is 0.726. The van der Waals surface area contributed by atoms with Gasteiger partial charge in [0.05, 0.1) is 0 Å². The van der Waals surface area contributed by atoms with Gasteiger partial charge in [0.1, 0.15) is 6.33 Å². The molecule has 0 saturated heterocycles. The second-order valence-electron chi connectivity index (χ2n) is 2.73. The zero-order chi connectivity index (χ0) is 10.7. The van der Waals surface area contributed by atoms with Crippen LogP contribution in [0.2, 0.25) is 0 Å². The Morgan fingerprint density at radius 2 is 2.47 bits per heavy atom. The molecule has 0 unspecified atom stereocenters. The van der Waals surface area contributed by atoms with Gasteiger partial charge in [-0.25, -0.2) is 20.5 Å². The van der Waals surface area contributed by atoms with E-state index in [0.717, 1.165) is 20.9 Å². The number of anilines is 1. The number of thioether (sulfide) groups is 1. The minimum Gasteiger partial charge on any atom is -0.300 e. The first-order valence-corrected chi connectivity index (χ1v) is 5.98.